The highest BCUT2D eigenvalue weighted by molar-refractivity contribution is 6.33. The van der Waals surface area contributed by atoms with Gasteiger partial charge in [0, 0.05) is 55.9 Å². The second kappa shape index (κ2) is 6.49. The zero-order valence-electron chi connectivity index (χ0n) is 18.0. The minimum absolute atomic E-state index is 0.00777. The van der Waals surface area contributed by atoms with Crippen LogP contribution in [-0.4, -0.2) is 30.6 Å². The summed E-state index contributed by atoms with van der Waals surface area (Å²) in [5.74, 6) is -1.27. The van der Waals surface area contributed by atoms with E-state index >= 15 is 0 Å². The van der Waals surface area contributed by atoms with Crippen LogP contribution in [0.2, 0.25) is 0 Å². The fraction of sp³-hybridized carbons (Fsp3) is 0.0714. The van der Waals surface area contributed by atoms with E-state index in [9.17, 15) is 30.6 Å². The lowest BCUT2D eigenvalue weighted by Gasteiger charge is -2.26. The Hall–Kier alpha value is -4.62. The average Bonchev–Trinajstić information content (AvgIpc) is 3.15. The molecule has 0 aliphatic heterocycles. The van der Waals surface area contributed by atoms with Crippen molar-refractivity contribution in [2.45, 2.75) is 12.0 Å². The summed E-state index contributed by atoms with van der Waals surface area (Å²) in [5.41, 5.74) is 2.17. The average molecular weight is 466 g/mol. The maximum absolute atomic E-state index is 11.8. The second-order valence-corrected chi connectivity index (χ2v) is 9.04. The molecule has 0 unspecified atom stereocenters. The summed E-state index contributed by atoms with van der Waals surface area (Å²) in [4.78, 5) is 0. The molecule has 0 amide bonds. The predicted molar refractivity (Wildman–Crippen MR) is 130 cm³/mol. The van der Waals surface area contributed by atoms with Crippen LogP contribution in [0.25, 0.3) is 43.5 Å². The Bertz CT molecular complexity index is 1870. The first-order valence-corrected chi connectivity index (χ1v) is 11.0. The Labute approximate surface area is 196 Å². The number of hydrogen-bond donors (Lipinski definition) is 6. The Balaban J connectivity index is 1.82. The molecule has 172 valence electrons. The van der Waals surface area contributed by atoms with Gasteiger partial charge >= 0.3 is 0 Å². The maximum atomic E-state index is 11.8. The number of phenolic OH excluding ortho intramolecular Hbond substituents is 5. The standard InChI is InChI=1S/C28H18O7/c29-12-3-1-11(2-4-12)21-24-19(33)10-18(32)22-16-7-13(30)5-6-15(16)28-26(25(22)24)23-17(27(21)34)8-14(31)9-20(23)35-28/h1-10,21,27,29-34H/t21-,27+/m0/s1. The van der Waals surface area contributed by atoms with Crippen LogP contribution in [0.1, 0.15) is 28.7 Å². The van der Waals surface area contributed by atoms with Crippen molar-refractivity contribution >= 4 is 43.5 Å². The minimum Gasteiger partial charge on any atom is -0.508 e. The highest BCUT2D eigenvalue weighted by Crippen LogP contribution is 2.56. The van der Waals surface area contributed by atoms with Gasteiger partial charge in [-0.05, 0) is 47.5 Å². The molecule has 1 aliphatic carbocycles. The van der Waals surface area contributed by atoms with Crippen molar-refractivity contribution in [1.29, 1.82) is 0 Å². The highest BCUT2D eigenvalue weighted by atomic mass is 16.3. The van der Waals surface area contributed by atoms with Crippen LogP contribution in [0.4, 0.5) is 0 Å². The molecule has 2 atom stereocenters. The monoisotopic (exact) mass is 466 g/mol. The van der Waals surface area contributed by atoms with Gasteiger partial charge in [0.15, 0.2) is 0 Å². The van der Waals surface area contributed by atoms with Gasteiger partial charge < -0.3 is 35.1 Å². The van der Waals surface area contributed by atoms with Crippen LogP contribution in [-0.2, 0) is 0 Å². The number of rotatable bonds is 1. The van der Waals surface area contributed by atoms with E-state index in [4.69, 9.17) is 4.42 Å². The molecule has 7 rings (SSSR count). The van der Waals surface area contributed by atoms with E-state index in [0.29, 0.717) is 60.2 Å². The fourth-order valence-electron chi connectivity index (χ4n) is 5.73. The molecule has 6 N–H and O–H groups in total. The molecule has 0 bridgehead atoms. The molecule has 0 saturated heterocycles. The molecule has 35 heavy (non-hydrogen) atoms. The van der Waals surface area contributed by atoms with Crippen molar-refractivity contribution in [1.82, 2.24) is 0 Å². The van der Waals surface area contributed by atoms with Crippen LogP contribution in [0.5, 0.6) is 28.7 Å². The van der Waals surface area contributed by atoms with E-state index in [1.807, 2.05) is 0 Å². The van der Waals surface area contributed by atoms with Crippen LogP contribution in [0, 0.1) is 0 Å². The molecular formula is C28H18O7. The molecule has 1 heterocycles. The van der Waals surface area contributed by atoms with E-state index in [1.54, 1.807) is 18.2 Å². The molecule has 1 aliphatic rings. The Morgan fingerprint density at radius 3 is 2.11 bits per heavy atom. The van der Waals surface area contributed by atoms with Gasteiger partial charge in [-0.1, -0.05) is 12.1 Å². The predicted octanol–water partition coefficient (Wildman–Crippen LogP) is 5.60. The molecule has 0 spiro atoms. The molecule has 0 fully saturated rings. The summed E-state index contributed by atoms with van der Waals surface area (Å²) in [6, 6.07) is 15.2. The van der Waals surface area contributed by atoms with Crippen molar-refractivity contribution < 1.29 is 35.1 Å². The summed E-state index contributed by atoms with van der Waals surface area (Å²) < 4.78 is 6.20. The van der Waals surface area contributed by atoms with Gasteiger partial charge in [0.05, 0.1) is 6.10 Å². The number of phenols is 5. The largest absolute Gasteiger partial charge is 0.508 e. The summed E-state index contributed by atoms with van der Waals surface area (Å²) in [6.07, 6.45) is -1.21. The van der Waals surface area contributed by atoms with E-state index in [2.05, 4.69) is 0 Å². The lowest BCUT2D eigenvalue weighted by atomic mass is 9.81. The van der Waals surface area contributed by atoms with Gasteiger partial charge in [0.1, 0.15) is 39.9 Å². The number of benzene rings is 5. The van der Waals surface area contributed by atoms with Crippen LogP contribution < -0.4 is 0 Å². The van der Waals surface area contributed by atoms with Gasteiger partial charge in [-0.2, -0.15) is 0 Å². The van der Waals surface area contributed by atoms with Gasteiger partial charge in [-0.15, -0.1) is 0 Å². The zero-order chi connectivity index (χ0) is 24.2. The Morgan fingerprint density at radius 2 is 1.34 bits per heavy atom. The van der Waals surface area contributed by atoms with E-state index < -0.39 is 12.0 Å². The Morgan fingerprint density at radius 1 is 0.600 bits per heavy atom. The van der Waals surface area contributed by atoms with E-state index in [1.165, 1.54) is 42.5 Å². The highest BCUT2D eigenvalue weighted by Gasteiger charge is 2.37. The second-order valence-electron chi connectivity index (χ2n) is 9.04. The van der Waals surface area contributed by atoms with Gasteiger partial charge in [-0.25, -0.2) is 0 Å². The quantitative estimate of drug-likeness (QED) is 0.174. The fourth-order valence-corrected chi connectivity index (χ4v) is 5.73. The molecule has 5 aromatic carbocycles. The molecule has 6 aromatic rings. The van der Waals surface area contributed by atoms with Gasteiger partial charge in [0.2, 0.25) is 0 Å². The summed E-state index contributed by atoms with van der Waals surface area (Å²) in [5, 5.41) is 67.7. The lowest BCUT2D eigenvalue weighted by Crippen LogP contribution is -2.12. The summed E-state index contributed by atoms with van der Waals surface area (Å²) in [7, 11) is 0. The first-order chi connectivity index (χ1) is 16.8. The van der Waals surface area contributed by atoms with Crippen LogP contribution >= 0.6 is 0 Å². The SMILES string of the molecule is Oc1ccc([C@H]2c3c(O)cc(O)c4c5cc(O)ccc5c5oc6cc(O)cc(c6c5c34)[C@H]2O)cc1. The third-order valence-corrected chi connectivity index (χ3v) is 7.10. The summed E-state index contributed by atoms with van der Waals surface area (Å²) in [6.45, 7) is 0. The first-order valence-electron chi connectivity index (χ1n) is 11.0. The third kappa shape index (κ3) is 2.47. The first kappa shape index (κ1) is 19.8. The van der Waals surface area contributed by atoms with Crippen molar-refractivity contribution in [2.24, 2.45) is 0 Å². The molecule has 0 radical (unpaired) electrons. The van der Waals surface area contributed by atoms with Crippen molar-refractivity contribution in [3.05, 3.63) is 77.4 Å². The molecule has 0 saturated carbocycles. The third-order valence-electron chi connectivity index (χ3n) is 7.10. The molecule has 7 heteroatoms. The number of fused-ring (bicyclic) bond motifs is 3. The number of aliphatic hydroxyl groups excluding tert-OH is 1. The number of aromatic hydroxyl groups is 5. The van der Waals surface area contributed by atoms with E-state index in [0.717, 1.165) is 0 Å². The van der Waals surface area contributed by atoms with Gasteiger partial charge in [-0.3, -0.25) is 0 Å². The number of furan rings is 1. The van der Waals surface area contributed by atoms with Crippen LogP contribution in [0.15, 0.2) is 65.1 Å². The minimum atomic E-state index is -1.21. The molecule has 7 nitrogen and oxygen atoms in total. The zero-order valence-corrected chi connectivity index (χ0v) is 18.0. The molecular weight excluding hydrogens is 448 g/mol. The lowest BCUT2D eigenvalue weighted by molar-refractivity contribution is 0.160. The van der Waals surface area contributed by atoms with E-state index in [-0.39, 0.29) is 28.7 Å². The van der Waals surface area contributed by atoms with Crippen LogP contribution in [0.3, 0.4) is 0 Å². The normalized spacial score (nSPS) is 17.3. The van der Waals surface area contributed by atoms with Crippen molar-refractivity contribution in [3.8, 4) is 28.7 Å². The number of aliphatic hydroxyl groups is 1. The maximum Gasteiger partial charge on any atom is 0.143 e. The topological polar surface area (TPSA) is 135 Å². The summed E-state index contributed by atoms with van der Waals surface area (Å²) >= 11 is 0. The van der Waals surface area contributed by atoms with Gasteiger partial charge in [0.25, 0.3) is 0 Å². The van der Waals surface area contributed by atoms with Crippen molar-refractivity contribution in [2.75, 3.05) is 0 Å². The smallest absolute Gasteiger partial charge is 0.143 e. The Kier molecular flexibility index (Phi) is 3.67. The number of hydrogen-bond acceptors (Lipinski definition) is 7. The molecule has 1 aromatic heterocycles. The van der Waals surface area contributed by atoms with Crippen molar-refractivity contribution in [3.63, 3.8) is 0 Å².